The lowest BCUT2D eigenvalue weighted by molar-refractivity contribution is 0.0928. The van der Waals surface area contributed by atoms with Crippen molar-refractivity contribution >= 4 is 0 Å². The van der Waals surface area contributed by atoms with E-state index in [9.17, 15) is 5.11 Å². The Hall–Kier alpha value is -0.830. The van der Waals surface area contributed by atoms with Crippen LogP contribution in [-0.4, -0.2) is 21.5 Å². The lowest BCUT2D eigenvalue weighted by Gasteiger charge is -2.31. The van der Waals surface area contributed by atoms with Gasteiger partial charge < -0.3 is 5.11 Å². The first kappa shape index (κ1) is 13.2. The third kappa shape index (κ3) is 2.64. The van der Waals surface area contributed by atoms with Gasteiger partial charge in [-0.25, -0.2) is 0 Å². The predicted molar refractivity (Wildman–Crippen MR) is 66.3 cm³/mol. The van der Waals surface area contributed by atoms with Gasteiger partial charge in [0, 0.05) is 19.3 Å². The summed E-state index contributed by atoms with van der Waals surface area (Å²) in [5, 5.41) is 14.0. The summed E-state index contributed by atoms with van der Waals surface area (Å²) in [6.45, 7) is 8.79. The number of aromatic nitrogens is 2. The van der Waals surface area contributed by atoms with Gasteiger partial charge in [-0.2, -0.15) is 5.10 Å². The highest BCUT2D eigenvalue weighted by Crippen LogP contribution is 2.30. The second-order valence-electron chi connectivity index (χ2n) is 5.25. The van der Waals surface area contributed by atoms with Crippen LogP contribution in [-0.2, 0) is 19.9 Å². The second-order valence-corrected chi connectivity index (χ2v) is 5.25. The molecule has 0 bridgehead atoms. The van der Waals surface area contributed by atoms with Crippen molar-refractivity contribution in [3.05, 3.63) is 17.5 Å². The summed E-state index contributed by atoms with van der Waals surface area (Å²) in [7, 11) is 1.98. The summed E-state index contributed by atoms with van der Waals surface area (Å²) in [6, 6.07) is 2.15. The van der Waals surface area contributed by atoms with E-state index in [2.05, 4.69) is 38.9 Å². The Balaban J connectivity index is 2.89. The minimum Gasteiger partial charge on any atom is -0.396 e. The molecule has 92 valence electrons. The normalized spacial score (nSPS) is 15.4. The number of aryl methyl sites for hydroxylation is 2. The van der Waals surface area contributed by atoms with E-state index in [0.29, 0.717) is 5.92 Å². The van der Waals surface area contributed by atoms with E-state index in [0.717, 1.165) is 18.5 Å². The molecule has 1 unspecified atom stereocenters. The van der Waals surface area contributed by atoms with Crippen molar-refractivity contribution in [2.75, 3.05) is 6.61 Å². The molecule has 0 aromatic carbocycles. The van der Waals surface area contributed by atoms with E-state index in [-0.39, 0.29) is 12.0 Å². The van der Waals surface area contributed by atoms with Gasteiger partial charge in [0.05, 0.1) is 5.69 Å². The fraction of sp³-hybridized carbons (Fsp3) is 0.769. The molecule has 0 spiro atoms. The minimum absolute atomic E-state index is 0.0567. The summed E-state index contributed by atoms with van der Waals surface area (Å²) < 4.78 is 1.94. The quantitative estimate of drug-likeness (QED) is 0.832. The van der Waals surface area contributed by atoms with Crippen LogP contribution < -0.4 is 0 Å². The van der Waals surface area contributed by atoms with Crippen molar-refractivity contribution in [3.8, 4) is 0 Å². The molecule has 0 aliphatic carbocycles. The molecule has 3 heteroatoms. The van der Waals surface area contributed by atoms with Crippen molar-refractivity contribution in [2.45, 2.75) is 40.5 Å². The van der Waals surface area contributed by atoms with Gasteiger partial charge in [0.2, 0.25) is 0 Å². The Labute approximate surface area is 98.5 Å². The SMILES string of the molecule is CCc1cc(CC(C)(CO)C(C)C)n(C)n1. The van der Waals surface area contributed by atoms with Crippen LogP contribution in [0.2, 0.25) is 0 Å². The van der Waals surface area contributed by atoms with Crippen molar-refractivity contribution in [1.29, 1.82) is 0 Å². The molecule has 1 N–H and O–H groups in total. The maximum absolute atomic E-state index is 9.54. The standard InChI is InChI=1S/C13H24N2O/c1-6-11-7-12(15(5)14-11)8-13(4,9-16)10(2)3/h7,10,16H,6,8-9H2,1-5H3. The van der Waals surface area contributed by atoms with E-state index in [1.807, 2.05) is 11.7 Å². The Bertz CT molecular complexity index is 344. The Morgan fingerprint density at radius 1 is 1.50 bits per heavy atom. The van der Waals surface area contributed by atoms with Gasteiger partial charge >= 0.3 is 0 Å². The number of nitrogens with zero attached hydrogens (tertiary/aromatic N) is 2. The van der Waals surface area contributed by atoms with E-state index >= 15 is 0 Å². The minimum atomic E-state index is -0.0567. The number of aliphatic hydroxyl groups excluding tert-OH is 1. The average Bonchev–Trinajstić information content (AvgIpc) is 2.59. The van der Waals surface area contributed by atoms with Crippen LogP contribution in [0.4, 0.5) is 0 Å². The first-order valence-corrected chi connectivity index (χ1v) is 6.05. The Morgan fingerprint density at radius 2 is 2.12 bits per heavy atom. The summed E-state index contributed by atoms with van der Waals surface area (Å²) in [5.41, 5.74) is 2.28. The molecular formula is C13H24N2O. The second kappa shape index (κ2) is 5.00. The third-order valence-electron chi connectivity index (χ3n) is 3.73. The van der Waals surface area contributed by atoms with Gasteiger partial charge in [-0.1, -0.05) is 27.7 Å². The fourth-order valence-corrected chi connectivity index (χ4v) is 1.77. The zero-order valence-corrected chi connectivity index (χ0v) is 11.1. The molecule has 1 heterocycles. The van der Waals surface area contributed by atoms with E-state index in [4.69, 9.17) is 0 Å². The first-order chi connectivity index (χ1) is 7.42. The van der Waals surface area contributed by atoms with E-state index < -0.39 is 0 Å². The maximum atomic E-state index is 9.54. The van der Waals surface area contributed by atoms with Crippen LogP contribution >= 0.6 is 0 Å². The molecule has 0 amide bonds. The van der Waals surface area contributed by atoms with Gasteiger partial charge in [-0.05, 0) is 30.2 Å². The van der Waals surface area contributed by atoms with Crippen LogP contribution in [0, 0.1) is 11.3 Å². The molecule has 1 atom stereocenters. The third-order valence-corrected chi connectivity index (χ3v) is 3.73. The van der Waals surface area contributed by atoms with Crippen LogP contribution in [0.25, 0.3) is 0 Å². The van der Waals surface area contributed by atoms with Crippen LogP contribution in [0.1, 0.15) is 39.1 Å². The molecule has 0 saturated heterocycles. The smallest absolute Gasteiger partial charge is 0.0624 e. The van der Waals surface area contributed by atoms with Gasteiger partial charge in [-0.15, -0.1) is 0 Å². The molecule has 0 saturated carbocycles. The lowest BCUT2D eigenvalue weighted by Crippen LogP contribution is -2.31. The number of aliphatic hydroxyl groups is 1. The summed E-state index contributed by atoms with van der Waals surface area (Å²) >= 11 is 0. The maximum Gasteiger partial charge on any atom is 0.0624 e. The molecule has 0 aliphatic rings. The molecular weight excluding hydrogens is 200 g/mol. The highest BCUT2D eigenvalue weighted by Gasteiger charge is 2.29. The highest BCUT2D eigenvalue weighted by atomic mass is 16.3. The molecule has 1 aromatic rings. The summed E-state index contributed by atoms with van der Waals surface area (Å²) in [6.07, 6.45) is 1.84. The van der Waals surface area contributed by atoms with Crippen molar-refractivity contribution in [2.24, 2.45) is 18.4 Å². The molecule has 1 aromatic heterocycles. The number of rotatable bonds is 5. The monoisotopic (exact) mass is 224 g/mol. The van der Waals surface area contributed by atoms with Crippen LogP contribution in [0.3, 0.4) is 0 Å². The molecule has 0 radical (unpaired) electrons. The lowest BCUT2D eigenvalue weighted by atomic mass is 9.76. The molecule has 0 aliphatic heterocycles. The van der Waals surface area contributed by atoms with Gasteiger partial charge in [0.15, 0.2) is 0 Å². The predicted octanol–water partition coefficient (Wildman–Crippen LogP) is 2.18. The number of hydrogen-bond acceptors (Lipinski definition) is 2. The summed E-state index contributed by atoms with van der Waals surface area (Å²) in [4.78, 5) is 0. The Kier molecular flexibility index (Phi) is 4.14. The fourth-order valence-electron chi connectivity index (χ4n) is 1.77. The zero-order chi connectivity index (χ0) is 12.3. The van der Waals surface area contributed by atoms with Gasteiger partial charge in [-0.3, -0.25) is 4.68 Å². The van der Waals surface area contributed by atoms with Crippen molar-refractivity contribution in [1.82, 2.24) is 9.78 Å². The first-order valence-electron chi connectivity index (χ1n) is 6.05. The van der Waals surface area contributed by atoms with Crippen LogP contribution in [0.15, 0.2) is 6.07 Å². The zero-order valence-electron chi connectivity index (χ0n) is 11.1. The molecule has 0 fully saturated rings. The molecule has 1 rings (SSSR count). The topological polar surface area (TPSA) is 38.0 Å². The van der Waals surface area contributed by atoms with E-state index in [1.165, 1.54) is 5.69 Å². The summed E-state index contributed by atoms with van der Waals surface area (Å²) in [5.74, 6) is 0.456. The van der Waals surface area contributed by atoms with Crippen molar-refractivity contribution in [3.63, 3.8) is 0 Å². The number of hydrogen-bond donors (Lipinski definition) is 1. The van der Waals surface area contributed by atoms with Crippen LogP contribution in [0.5, 0.6) is 0 Å². The average molecular weight is 224 g/mol. The van der Waals surface area contributed by atoms with Crippen molar-refractivity contribution < 1.29 is 5.11 Å². The molecule has 16 heavy (non-hydrogen) atoms. The van der Waals surface area contributed by atoms with E-state index in [1.54, 1.807) is 0 Å². The van der Waals surface area contributed by atoms with Gasteiger partial charge in [0.1, 0.15) is 0 Å². The van der Waals surface area contributed by atoms with Gasteiger partial charge in [0.25, 0.3) is 0 Å². The highest BCUT2D eigenvalue weighted by molar-refractivity contribution is 5.12. The largest absolute Gasteiger partial charge is 0.396 e. The molecule has 3 nitrogen and oxygen atoms in total. The Morgan fingerprint density at radius 3 is 2.50 bits per heavy atom.